The van der Waals surface area contributed by atoms with Crippen molar-refractivity contribution >= 4 is 17.6 Å². The minimum absolute atomic E-state index is 0.306. The summed E-state index contributed by atoms with van der Waals surface area (Å²) >= 11 is 0. The van der Waals surface area contributed by atoms with Crippen molar-refractivity contribution in [3.63, 3.8) is 0 Å². The molecule has 7 heteroatoms. The Hall–Kier alpha value is -3.19. The number of carbonyl (C=O) groups is 1. The summed E-state index contributed by atoms with van der Waals surface area (Å²) in [5, 5.41) is 3.67. The molecule has 0 aromatic heterocycles. The van der Waals surface area contributed by atoms with Gasteiger partial charge in [-0.05, 0) is 61.6 Å². The van der Waals surface area contributed by atoms with Gasteiger partial charge in [0.25, 0.3) is 0 Å². The number of halogens is 1. The van der Waals surface area contributed by atoms with Crippen LogP contribution in [-0.2, 0) is 6.54 Å². The van der Waals surface area contributed by atoms with Crippen LogP contribution in [0.2, 0.25) is 0 Å². The number of ether oxygens (including phenoxy) is 1. The largest absolute Gasteiger partial charge is 0.490 e. The van der Waals surface area contributed by atoms with E-state index in [1.807, 2.05) is 18.2 Å². The molecule has 2 aromatic carbocycles. The van der Waals surface area contributed by atoms with E-state index in [2.05, 4.69) is 33.9 Å². The van der Waals surface area contributed by atoms with Crippen molar-refractivity contribution in [2.24, 2.45) is 4.99 Å². The normalized spacial score (nSPS) is 20.4. The molecule has 1 aliphatic carbocycles. The lowest BCUT2D eigenvalue weighted by Gasteiger charge is -2.45. The number of amides is 2. The van der Waals surface area contributed by atoms with Crippen LogP contribution in [0.4, 0.5) is 14.9 Å². The summed E-state index contributed by atoms with van der Waals surface area (Å²) < 4.78 is 19.9. The second-order valence-electron chi connectivity index (χ2n) is 10.1. The minimum Gasteiger partial charge on any atom is -0.490 e. The number of carbonyl (C=O) groups excluding carboxylic acids is 1. The molecule has 3 aliphatic rings. The lowest BCUT2D eigenvalue weighted by atomic mass is 9.83. The van der Waals surface area contributed by atoms with Crippen molar-refractivity contribution in [1.82, 2.24) is 10.2 Å². The Bertz CT molecular complexity index is 1120. The number of likely N-dealkylation sites (tertiary alicyclic amines) is 1. The van der Waals surface area contributed by atoms with Crippen molar-refractivity contribution in [3.05, 3.63) is 72.6 Å². The van der Waals surface area contributed by atoms with Gasteiger partial charge in [0, 0.05) is 31.4 Å². The van der Waals surface area contributed by atoms with Crippen molar-refractivity contribution in [1.29, 1.82) is 0 Å². The first-order chi connectivity index (χ1) is 17.6. The zero-order chi connectivity index (χ0) is 25.0. The highest BCUT2D eigenvalue weighted by atomic mass is 19.1. The van der Waals surface area contributed by atoms with Gasteiger partial charge in [0.05, 0.1) is 0 Å². The van der Waals surface area contributed by atoms with Gasteiger partial charge in [0.2, 0.25) is 0 Å². The van der Waals surface area contributed by atoms with Gasteiger partial charge in [0.15, 0.2) is 0 Å². The predicted molar refractivity (Wildman–Crippen MR) is 141 cm³/mol. The summed E-state index contributed by atoms with van der Waals surface area (Å²) in [6.45, 7) is 6.61. The van der Waals surface area contributed by atoms with E-state index in [1.165, 1.54) is 37.0 Å². The molecule has 190 valence electrons. The second-order valence-corrected chi connectivity index (χ2v) is 10.1. The second kappa shape index (κ2) is 10.8. The van der Waals surface area contributed by atoms with Crippen LogP contribution in [0, 0.1) is 5.82 Å². The zero-order valence-corrected chi connectivity index (χ0v) is 20.8. The Kier molecular flexibility index (Phi) is 7.37. The first-order valence-corrected chi connectivity index (χ1v) is 13.1. The number of piperidine rings is 1. The molecule has 1 N–H and O–H groups in total. The molecule has 0 atom stereocenters. The molecule has 2 aliphatic heterocycles. The van der Waals surface area contributed by atoms with Crippen LogP contribution in [0.3, 0.4) is 0 Å². The SMILES string of the molecule is C=CCOc1cccc(CN2CCC3(CC2)C(NC2CCCCC2)=NC(=O)N3c2cccc(F)c2)c1. The van der Waals surface area contributed by atoms with Gasteiger partial charge in [0.1, 0.15) is 29.5 Å². The quantitative estimate of drug-likeness (QED) is 0.507. The van der Waals surface area contributed by atoms with E-state index in [0.29, 0.717) is 18.3 Å². The van der Waals surface area contributed by atoms with Gasteiger partial charge >= 0.3 is 6.03 Å². The maximum atomic E-state index is 14.2. The summed E-state index contributed by atoms with van der Waals surface area (Å²) in [6, 6.07) is 14.5. The van der Waals surface area contributed by atoms with E-state index in [1.54, 1.807) is 17.0 Å². The van der Waals surface area contributed by atoms with Crippen LogP contribution in [0.5, 0.6) is 5.75 Å². The highest BCUT2D eigenvalue weighted by Gasteiger charge is 2.52. The first kappa shape index (κ1) is 24.5. The van der Waals surface area contributed by atoms with Gasteiger partial charge in [-0.15, -0.1) is 0 Å². The maximum absolute atomic E-state index is 14.2. The van der Waals surface area contributed by atoms with E-state index in [0.717, 1.165) is 56.9 Å². The lowest BCUT2D eigenvalue weighted by Crippen LogP contribution is -2.62. The highest BCUT2D eigenvalue weighted by molar-refractivity contribution is 6.16. The van der Waals surface area contributed by atoms with Crippen LogP contribution in [0.1, 0.15) is 50.5 Å². The summed E-state index contributed by atoms with van der Waals surface area (Å²) in [4.78, 5) is 21.9. The monoisotopic (exact) mass is 490 g/mol. The van der Waals surface area contributed by atoms with Crippen LogP contribution in [-0.4, -0.2) is 48.0 Å². The standard InChI is InChI=1S/C29H35FN4O2/c1-2-18-36-26-13-6-8-22(19-26)21-33-16-14-29(15-17-33)27(31-24-10-4-3-5-11-24)32-28(35)34(29)25-12-7-9-23(30)20-25/h2,6-9,12-13,19-20,24H,1,3-5,10-11,14-18,21H2,(H,31,32,35). The van der Waals surface area contributed by atoms with E-state index in [9.17, 15) is 9.18 Å². The molecule has 2 fully saturated rings. The van der Waals surface area contributed by atoms with Gasteiger partial charge in [-0.25, -0.2) is 9.18 Å². The topological polar surface area (TPSA) is 57.2 Å². The van der Waals surface area contributed by atoms with E-state index in [-0.39, 0.29) is 11.8 Å². The number of benzene rings is 2. The zero-order valence-electron chi connectivity index (χ0n) is 20.8. The van der Waals surface area contributed by atoms with Gasteiger partial charge < -0.3 is 10.1 Å². The molecule has 2 heterocycles. The maximum Gasteiger partial charge on any atom is 0.350 e. The molecular formula is C29H35FN4O2. The number of aliphatic imine (C=N–C) groups is 1. The summed E-state index contributed by atoms with van der Waals surface area (Å²) in [7, 11) is 0. The Morgan fingerprint density at radius 1 is 1.11 bits per heavy atom. The number of amidine groups is 1. The van der Waals surface area contributed by atoms with Crippen molar-refractivity contribution in [2.45, 2.75) is 63.1 Å². The number of nitrogens with one attached hydrogen (secondary N) is 1. The molecular weight excluding hydrogens is 455 g/mol. The number of anilines is 1. The number of urea groups is 1. The Balaban J connectivity index is 1.35. The molecule has 1 saturated carbocycles. The molecule has 36 heavy (non-hydrogen) atoms. The van der Waals surface area contributed by atoms with Gasteiger partial charge in [-0.1, -0.05) is 50.1 Å². The molecule has 0 radical (unpaired) electrons. The van der Waals surface area contributed by atoms with Crippen LogP contribution < -0.4 is 15.0 Å². The molecule has 0 bridgehead atoms. The predicted octanol–water partition coefficient (Wildman–Crippen LogP) is 5.69. The smallest absolute Gasteiger partial charge is 0.350 e. The van der Waals surface area contributed by atoms with Crippen LogP contribution in [0.15, 0.2) is 66.2 Å². The van der Waals surface area contributed by atoms with Gasteiger partial charge in [-0.2, -0.15) is 4.99 Å². The third kappa shape index (κ3) is 5.16. The molecule has 5 rings (SSSR count). The summed E-state index contributed by atoms with van der Waals surface area (Å²) in [5.74, 6) is 1.26. The fraction of sp³-hybridized carbons (Fsp3) is 0.448. The summed E-state index contributed by atoms with van der Waals surface area (Å²) in [6.07, 6.45) is 9.06. The average molecular weight is 491 g/mol. The fourth-order valence-electron chi connectivity index (χ4n) is 5.81. The third-order valence-electron chi connectivity index (χ3n) is 7.64. The average Bonchev–Trinajstić information content (AvgIpc) is 3.15. The van der Waals surface area contributed by atoms with Gasteiger partial charge in [-0.3, -0.25) is 9.80 Å². The third-order valence-corrected chi connectivity index (χ3v) is 7.64. The van der Waals surface area contributed by atoms with E-state index >= 15 is 0 Å². The lowest BCUT2D eigenvalue weighted by molar-refractivity contribution is 0.181. The number of hydrogen-bond donors (Lipinski definition) is 1. The Labute approximate surface area is 212 Å². The fourth-order valence-corrected chi connectivity index (χ4v) is 5.81. The van der Waals surface area contributed by atoms with Crippen LogP contribution in [0.25, 0.3) is 0 Å². The minimum atomic E-state index is -0.576. The van der Waals surface area contributed by atoms with E-state index < -0.39 is 5.54 Å². The van der Waals surface area contributed by atoms with E-state index in [4.69, 9.17) is 4.74 Å². The summed E-state index contributed by atoms with van der Waals surface area (Å²) in [5.41, 5.74) is 1.18. The highest BCUT2D eigenvalue weighted by Crippen LogP contribution is 2.39. The molecule has 1 saturated heterocycles. The number of nitrogens with zero attached hydrogens (tertiary/aromatic N) is 3. The molecule has 2 aromatic rings. The van der Waals surface area contributed by atoms with Crippen LogP contribution >= 0.6 is 0 Å². The number of hydrogen-bond acceptors (Lipinski definition) is 4. The molecule has 2 amide bonds. The van der Waals surface area contributed by atoms with Crippen molar-refractivity contribution in [2.75, 3.05) is 24.6 Å². The van der Waals surface area contributed by atoms with Crippen molar-refractivity contribution in [3.8, 4) is 5.75 Å². The molecule has 6 nitrogen and oxygen atoms in total. The number of rotatable bonds is 7. The Morgan fingerprint density at radius 3 is 2.64 bits per heavy atom. The molecule has 0 unspecified atom stereocenters. The molecule has 1 spiro atoms. The first-order valence-electron chi connectivity index (χ1n) is 13.1. The van der Waals surface area contributed by atoms with Crippen molar-refractivity contribution < 1.29 is 13.9 Å². The Morgan fingerprint density at radius 2 is 1.89 bits per heavy atom.